The second-order valence-electron chi connectivity index (χ2n) is 2.53. The Morgan fingerprint density at radius 1 is 1.60 bits per heavy atom. The van der Waals surface area contributed by atoms with E-state index in [1.165, 1.54) is 6.07 Å². The van der Waals surface area contributed by atoms with Crippen molar-refractivity contribution in [2.24, 2.45) is 0 Å². The van der Waals surface area contributed by atoms with Crippen molar-refractivity contribution in [1.82, 2.24) is 4.98 Å². The lowest BCUT2D eigenvalue weighted by Gasteiger charge is -2.02. The number of carbonyl (C=O) groups excluding carboxylic acids is 1. The van der Waals surface area contributed by atoms with E-state index in [9.17, 15) is 18.4 Å². The van der Waals surface area contributed by atoms with Crippen LogP contribution in [0.1, 0.15) is 28.0 Å². The van der Waals surface area contributed by atoms with Crippen LogP contribution >= 0.6 is 11.6 Å². The van der Waals surface area contributed by atoms with Gasteiger partial charge in [0.2, 0.25) is 0 Å². The highest BCUT2D eigenvalue weighted by atomic mass is 35.5. The molecular weight excluding hydrogens is 230 g/mol. The monoisotopic (exact) mass is 232 g/mol. The van der Waals surface area contributed by atoms with Crippen LogP contribution in [0.15, 0.2) is 10.9 Å². The highest BCUT2D eigenvalue weighted by molar-refractivity contribution is 6.67. The van der Waals surface area contributed by atoms with Gasteiger partial charge >= 0.3 is 0 Å². The van der Waals surface area contributed by atoms with Crippen molar-refractivity contribution in [3.63, 3.8) is 0 Å². The molecule has 1 heterocycles. The second kappa shape index (κ2) is 4.19. The number of hydrogen-bond donors (Lipinski definition) is 1. The molecule has 78 valence electrons. The highest BCUT2D eigenvalue weighted by Crippen LogP contribution is 2.19. The summed E-state index contributed by atoms with van der Waals surface area (Å²) in [6.07, 6.45) is -3.08. The fourth-order valence-electron chi connectivity index (χ4n) is 0.985. The van der Waals surface area contributed by atoms with Gasteiger partial charge in [0.15, 0.2) is 0 Å². The SMILES string of the molecule is N#Cc1cc(C(=O)Cl)[nH]c(=O)c1C(F)F. The number of nitrogens with zero attached hydrogens (tertiary/aromatic N) is 1. The standard InChI is InChI=1S/C8H3ClF2N2O2/c9-6(14)4-1-3(2-12)5(7(10)11)8(15)13-4/h1,7H,(H,13,15). The predicted molar refractivity (Wildman–Crippen MR) is 46.9 cm³/mol. The number of pyridine rings is 1. The maximum atomic E-state index is 12.3. The summed E-state index contributed by atoms with van der Waals surface area (Å²) < 4.78 is 24.6. The lowest BCUT2D eigenvalue weighted by molar-refractivity contribution is 0.107. The molecule has 4 nitrogen and oxygen atoms in total. The molecule has 0 aliphatic heterocycles. The zero-order valence-corrected chi connectivity index (χ0v) is 7.81. The van der Waals surface area contributed by atoms with Gasteiger partial charge in [-0.25, -0.2) is 8.78 Å². The molecule has 1 rings (SSSR count). The molecule has 0 aliphatic rings. The maximum Gasteiger partial charge on any atom is 0.270 e. The first kappa shape index (κ1) is 11.3. The molecule has 1 N–H and O–H groups in total. The Morgan fingerprint density at radius 2 is 2.20 bits per heavy atom. The molecule has 0 unspecified atom stereocenters. The van der Waals surface area contributed by atoms with Crippen molar-refractivity contribution in [1.29, 1.82) is 5.26 Å². The van der Waals surface area contributed by atoms with Crippen molar-refractivity contribution in [3.05, 3.63) is 33.2 Å². The quantitative estimate of drug-likeness (QED) is 0.787. The van der Waals surface area contributed by atoms with Crippen LogP contribution in [0.4, 0.5) is 8.78 Å². The van der Waals surface area contributed by atoms with Crippen LogP contribution in [-0.2, 0) is 0 Å². The van der Waals surface area contributed by atoms with E-state index in [-0.39, 0.29) is 5.69 Å². The van der Waals surface area contributed by atoms with Crippen molar-refractivity contribution in [3.8, 4) is 6.07 Å². The van der Waals surface area contributed by atoms with Crippen LogP contribution in [0.2, 0.25) is 0 Å². The predicted octanol–water partition coefficient (Wildman–Crippen LogP) is 1.56. The van der Waals surface area contributed by atoms with Crippen LogP contribution in [-0.4, -0.2) is 10.2 Å². The number of hydrogen-bond acceptors (Lipinski definition) is 3. The molecule has 0 bridgehead atoms. The van der Waals surface area contributed by atoms with Gasteiger partial charge in [-0.3, -0.25) is 9.59 Å². The smallest absolute Gasteiger partial charge is 0.270 e. The number of aromatic amines is 1. The zero-order valence-electron chi connectivity index (χ0n) is 7.05. The summed E-state index contributed by atoms with van der Waals surface area (Å²) in [5.74, 6) is 0. The van der Waals surface area contributed by atoms with Gasteiger partial charge in [0.25, 0.3) is 17.2 Å². The molecule has 0 aliphatic carbocycles. The minimum atomic E-state index is -3.08. The van der Waals surface area contributed by atoms with Crippen molar-refractivity contribution >= 4 is 16.8 Å². The average Bonchev–Trinajstić information content (AvgIpc) is 2.15. The molecule has 0 spiro atoms. The molecule has 1 aromatic heterocycles. The summed E-state index contributed by atoms with van der Waals surface area (Å²) >= 11 is 5.03. The number of alkyl halides is 2. The Bertz CT molecular complexity index is 504. The number of nitrogens with one attached hydrogen (secondary N) is 1. The van der Waals surface area contributed by atoms with E-state index in [1.54, 1.807) is 0 Å². The molecule has 0 aromatic carbocycles. The van der Waals surface area contributed by atoms with Crippen LogP contribution in [0.25, 0.3) is 0 Å². The van der Waals surface area contributed by atoms with E-state index >= 15 is 0 Å². The van der Waals surface area contributed by atoms with Gasteiger partial charge in [0.1, 0.15) is 11.3 Å². The van der Waals surface area contributed by atoms with Crippen molar-refractivity contribution in [2.45, 2.75) is 6.43 Å². The summed E-state index contributed by atoms with van der Waals surface area (Å²) in [5, 5.41) is 7.48. The van der Waals surface area contributed by atoms with Gasteiger partial charge in [-0.2, -0.15) is 5.26 Å². The molecule has 15 heavy (non-hydrogen) atoms. The Kier molecular flexibility index (Phi) is 3.17. The van der Waals surface area contributed by atoms with Gasteiger partial charge in [0.05, 0.1) is 11.6 Å². The molecule has 0 radical (unpaired) electrons. The van der Waals surface area contributed by atoms with E-state index in [1.807, 2.05) is 4.98 Å². The first-order chi connectivity index (χ1) is 6.97. The highest BCUT2D eigenvalue weighted by Gasteiger charge is 2.19. The van der Waals surface area contributed by atoms with Crippen LogP contribution in [0, 0.1) is 11.3 Å². The van der Waals surface area contributed by atoms with Crippen LogP contribution in [0.5, 0.6) is 0 Å². The molecule has 0 amide bonds. The van der Waals surface area contributed by atoms with Gasteiger partial charge in [-0.05, 0) is 17.7 Å². The van der Waals surface area contributed by atoms with Gasteiger partial charge in [-0.1, -0.05) is 0 Å². The lowest BCUT2D eigenvalue weighted by Crippen LogP contribution is -2.18. The number of rotatable bonds is 2. The summed E-state index contributed by atoms with van der Waals surface area (Å²) in [6.45, 7) is 0. The molecule has 7 heteroatoms. The topological polar surface area (TPSA) is 73.7 Å². The number of halogens is 3. The number of carbonyl (C=O) groups is 1. The van der Waals surface area contributed by atoms with E-state index in [2.05, 4.69) is 0 Å². The van der Waals surface area contributed by atoms with E-state index in [0.717, 1.165) is 6.07 Å². The summed E-state index contributed by atoms with van der Waals surface area (Å²) in [6, 6.07) is 2.22. The summed E-state index contributed by atoms with van der Waals surface area (Å²) in [5.41, 5.74) is -3.09. The van der Waals surface area contributed by atoms with Gasteiger partial charge < -0.3 is 4.98 Å². The van der Waals surface area contributed by atoms with Crippen molar-refractivity contribution < 1.29 is 13.6 Å². The molecule has 1 aromatic rings. The van der Waals surface area contributed by atoms with Gasteiger partial charge in [0, 0.05) is 0 Å². The number of H-pyrrole nitrogens is 1. The molecular formula is C8H3ClF2N2O2. The maximum absolute atomic E-state index is 12.3. The third-order valence-corrected chi connectivity index (χ3v) is 1.83. The third-order valence-electron chi connectivity index (χ3n) is 1.62. The molecule has 0 saturated carbocycles. The van der Waals surface area contributed by atoms with Crippen LogP contribution in [0.3, 0.4) is 0 Å². The van der Waals surface area contributed by atoms with E-state index < -0.39 is 28.4 Å². The summed E-state index contributed by atoms with van der Waals surface area (Å²) in [7, 11) is 0. The Balaban J connectivity index is 3.53. The van der Waals surface area contributed by atoms with Gasteiger partial charge in [-0.15, -0.1) is 0 Å². The molecule has 0 saturated heterocycles. The second-order valence-corrected chi connectivity index (χ2v) is 2.87. The fraction of sp³-hybridized carbons (Fsp3) is 0.125. The largest absolute Gasteiger partial charge is 0.318 e. The van der Waals surface area contributed by atoms with Crippen molar-refractivity contribution in [2.75, 3.05) is 0 Å². The number of aromatic nitrogens is 1. The Labute approximate surface area is 87.1 Å². The summed E-state index contributed by atoms with van der Waals surface area (Å²) in [4.78, 5) is 23.6. The Hall–Kier alpha value is -1.74. The number of nitriles is 1. The lowest BCUT2D eigenvalue weighted by atomic mass is 10.1. The average molecular weight is 233 g/mol. The minimum absolute atomic E-state index is 0.386. The first-order valence-electron chi connectivity index (χ1n) is 3.62. The van der Waals surface area contributed by atoms with E-state index in [4.69, 9.17) is 16.9 Å². The zero-order chi connectivity index (χ0) is 11.6. The van der Waals surface area contributed by atoms with Crippen LogP contribution < -0.4 is 5.56 Å². The Morgan fingerprint density at radius 3 is 2.60 bits per heavy atom. The fourth-order valence-corrected chi connectivity index (χ4v) is 1.09. The third kappa shape index (κ3) is 2.19. The first-order valence-corrected chi connectivity index (χ1v) is 4.00. The van der Waals surface area contributed by atoms with E-state index in [0.29, 0.717) is 0 Å². The minimum Gasteiger partial charge on any atom is -0.318 e. The normalized spacial score (nSPS) is 10.1. The molecule has 0 fully saturated rings. The molecule has 0 atom stereocenters.